The summed E-state index contributed by atoms with van der Waals surface area (Å²) in [6, 6.07) is 25.7. The number of anilines is 1. The number of aryl methyl sites for hydroxylation is 3. The first-order chi connectivity index (χ1) is 20.6. The van der Waals surface area contributed by atoms with Gasteiger partial charge in [-0.25, -0.2) is 0 Å². The molecule has 0 radical (unpaired) electrons. The molecule has 0 aliphatic rings. The van der Waals surface area contributed by atoms with Crippen LogP contribution in [0.1, 0.15) is 90.1 Å². The molecule has 0 atom stereocenters. The summed E-state index contributed by atoms with van der Waals surface area (Å²) >= 11 is 0. The Morgan fingerprint density at radius 1 is 0.767 bits per heavy atom. The van der Waals surface area contributed by atoms with E-state index in [1.165, 1.54) is 57.1 Å². The molecule has 0 saturated heterocycles. The quantitative estimate of drug-likeness (QED) is 0.183. The molecule has 0 amide bonds. The van der Waals surface area contributed by atoms with Gasteiger partial charge in [-0.1, -0.05) is 125 Å². The van der Waals surface area contributed by atoms with Crippen molar-refractivity contribution in [3.63, 3.8) is 0 Å². The molecular formula is C40H59N3. The van der Waals surface area contributed by atoms with E-state index in [0.29, 0.717) is 0 Å². The van der Waals surface area contributed by atoms with Crippen LogP contribution in [0.5, 0.6) is 0 Å². The molecule has 3 nitrogen and oxygen atoms in total. The minimum Gasteiger partial charge on any atom is -0.405 e. The Bertz CT molecular complexity index is 1250. The van der Waals surface area contributed by atoms with Crippen LogP contribution in [0.4, 0.5) is 5.69 Å². The largest absolute Gasteiger partial charge is 0.405 e. The van der Waals surface area contributed by atoms with Crippen molar-refractivity contribution in [2.45, 2.75) is 89.1 Å². The van der Waals surface area contributed by atoms with Crippen LogP contribution >= 0.6 is 0 Å². The first kappa shape index (κ1) is 41.0. The van der Waals surface area contributed by atoms with Gasteiger partial charge in [0.05, 0.1) is 0 Å². The summed E-state index contributed by atoms with van der Waals surface area (Å²) in [5, 5.41) is 10.8. The van der Waals surface area contributed by atoms with Crippen molar-refractivity contribution in [3.05, 3.63) is 142 Å². The highest BCUT2D eigenvalue weighted by Crippen LogP contribution is 2.23. The molecule has 0 fully saturated rings. The molecule has 0 aliphatic carbocycles. The van der Waals surface area contributed by atoms with Crippen LogP contribution in [0.2, 0.25) is 0 Å². The molecule has 3 aromatic rings. The van der Waals surface area contributed by atoms with Crippen LogP contribution in [-0.4, -0.2) is 6.21 Å². The van der Waals surface area contributed by atoms with Gasteiger partial charge in [0.15, 0.2) is 0 Å². The van der Waals surface area contributed by atoms with Gasteiger partial charge in [0.2, 0.25) is 0 Å². The van der Waals surface area contributed by atoms with Gasteiger partial charge in [-0.2, -0.15) is 0 Å². The van der Waals surface area contributed by atoms with Crippen LogP contribution in [-0.2, 0) is 13.0 Å². The second-order valence-electron chi connectivity index (χ2n) is 9.77. The van der Waals surface area contributed by atoms with Gasteiger partial charge >= 0.3 is 0 Å². The summed E-state index contributed by atoms with van der Waals surface area (Å²) in [5.41, 5.74) is 16.9. The van der Waals surface area contributed by atoms with Crippen molar-refractivity contribution in [2.75, 3.05) is 5.32 Å². The molecule has 0 aromatic heterocycles. The van der Waals surface area contributed by atoms with Gasteiger partial charge < -0.3 is 16.5 Å². The van der Waals surface area contributed by atoms with E-state index in [9.17, 15) is 0 Å². The average Bonchev–Trinajstić information content (AvgIpc) is 3.03. The fourth-order valence-corrected chi connectivity index (χ4v) is 3.63. The smallest absolute Gasteiger partial charge is 0.0400 e. The standard InChI is InChI=1S/C18H23N.C16H19N.C2H5N.2C2H6/c1-13(2)10-17(11-15(4)16(5)12-19)18-9-7-6-8-14(18)3;1-3-14-6-8-15(9-7-14)12-17-16-10-4-13(2)5-11-16;1-2-3;2*1-2/h6-12,19H,1-5H3;4-11,17H,3,12H2,1-2H3;2H,1,3H2;2*1-2H3/b16-15+,17-11+,19-12?;;;;. The fraction of sp³-hybridized carbons (Fsp3) is 0.325. The Morgan fingerprint density at radius 3 is 1.74 bits per heavy atom. The number of nitrogens with one attached hydrogen (secondary N) is 2. The Balaban J connectivity index is 0. The normalized spacial score (nSPS) is 10.3. The molecule has 0 saturated carbocycles. The zero-order valence-corrected chi connectivity index (χ0v) is 28.9. The van der Waals surface area contributed by atoms with Crippen molar-refractivity contribution in [3.8, 4) is 0 Å². The molecule has 0 bridgehead atoms. The van der Waals surface area contributed by atoms with E-state index in [2.05, 4.69) is 144 Å². The highest BCUT2D eigenvalue weighted by Gasteiger charge is 2.03. The zero-order valence-electron chi connectivity index (χ0n) is 28.9. The lowest BCUT2D eigenvalue weighted by molar-refractivity contribution is 1.11. The van der Waals surface area contributed by atoms with Crippen LogP contribution in [0, 0.1) is 19.3 Å². The van der Waals surface area contributed by atoms with Crippen LogP contribution in [0.3, 0.4) is 0 Å². The van der Waals surface area contributed by atoms with E-state index in [0.717, 1.165) is 24.1 Å². The highest BCUT2D eigenvalue weighted by molar-refractivity contribution is 5.82. The van der Waals surface area contributed by atoms with Crippen molar-refractivity contribution in [1.82, 2.24) is 0 Å². The molecule has 3 heteroatoms. The molecule has 43 heavy (non-hydrogen) atoms. The predicted octanol–water partition coefficient (Wildman–Crippen LogP) is 11.6. The number of rotatable bonds is 8. The van der Waals surface area contributed by atoms with E-state index < -0.39 is 0 Å². The summed E-state index contributed by atoms with van der Waals surface area (Å²) in [6.45, 7) is 26.7. The monoisotopic (exact) mass is 581 g/mol. The van der Waals surface area contributed by atoms with E-state index in [4.69, 9.17) is 5.41 Å². The van der Waals surface area contributed by atoms with E-state index in [-0.39, 0.29) is 0 Å². The van der Waals surface area contributed by atoms with E-state index in [1.807, 2.05) is 34.6 Å². The third kappa shape index (κ3) is 18.1. The molecule has 4 N–H and O–H groups in total. The maximum absolute atomic E-state index is 7.34. The number of hydrogen-bond donors (Lipinski definition) is 3. The van der Waals surface area contributed by atoms with Crippen molar-refractivity contribution in [2.24, 2.45) is 5.73 Å². The van der Waals surface area contributed by atoms with Crippen molar-refractivity contribution >= 4 is 17.5 Å². The molecule has 0 unspecified atom stereocenters. The molecule has 0 aliphatic heterocycles. The minimum atomic E-state index is 0.882. The van der Waals surface area contributed by atoms with Crippen molar-refractivity contribution in [1.29, 1.82) is 5.41 Å². The Labute approximate surface area is 264 Å². The van der Waals surface area contributed by atoms with Gasteiger partial charge in [-0.05, 0) is 105 Å². The lowest BCUT2D eigenvalue weighted by Gasteiger charge is -2.09. The second kappa shape index (κ2) is 25.6. The summed E-state index contributed by atoms with van der Waals surface area (Å²) < 4.78 is 0. The number of benzene rings is 3. The van der Waals surface area contributed by atoms with Gasteiger partial charge in [0.25, 0.3) is 0 Å². The third-order valence-electron chi connectivity index (χ3n) is 6.09. The zero-order chi connectivity index (χ0) is 33.2. The molecule has 3 aromatic carbocycles. The number of nitrogens with two attached hydrogens (primary N) is 1. The fourth-order valence-electron chi connectivity index (χ4n) is 3.63. The predicted molar refractivity (Wildman–Crippen MR) is 197 cm³/mol. The first-order valence-electron chi connectivity index (χ1n) is 15.5. The highest BCUT2D eigenvalue weighted by atomic mass is 14.9. The Hall–Kier alpha value is -4.11. The summed E-state index contributed by atoms with van der Waals surface area (Å²) in [6.07, 6.45) is 8.12. The number of allylic oxidation sites excluding steroid dienone is 6. The average molecular weight is 582 g/mol. The topological polar surface area (TPSA) is 61.9 Å². The summed E-state index contributed by atoms with van der Waals surface area (Å²) in [7, 11) is 0. The molecule has 3 rings (SSSR count). The molecule has 0 heterocycles. The van der Waals surface area contributed by atoms with Crippen LogP contribution in [0.15, 0.2) is 114 Å². The maximum atomic E-state index is 7.34. The summed E-state index contributed by atoms with van der Waals surface area (Å²) in [4.78, 5) is 0. The van der Waals surface area contributed by atoms with Crippen molar-refractivity contribution < 1.29 is 0 Å². The van der Waals surface area contributed by atoms with E-state index >= 15 is 0 Å². The second-order valence-corrected chi connectivity index (χ2v) is 9.77. The lowest BCUT2D eigenvalue weighted by atomic mass is 9.96. The molecular weight excluding hydrogens is 522 g/mol. The molecule has 234 valence electrons. The first-order valence-corrected chi connectivity index (χ1v) is 15.5. The Kier molecular flexibility index (Phi) is 24.4. The van der Waals surface area contributed by atoms with Gasteiger partial charge in [0, 0.05) is 18.4 Å². The lowest BCUT2D eigenvalue weighted by Crippen LogP contribution is -1.99. The maximum Gasteiger partial charge on any atom is 0.0400 e. The van der Waals surface area contributed by atoms with Crippen LogP contribution in [0.25, 0.3) is 5.57 Å². The summed E-state index contributed by atoms with van der Waals surface area (Å²) in [5.74, 6) is 0. The van der Waals surface area contributed by atoms with Crippen LogP contribution < -0.4 is 11.1 Å². The van der Waals surface area contributed by atoms with E-state index in [1.54, 1.807) is 0 Å². The van der Waals surface area contributed by atoms with Gasteiger partial charge in [0.1, 0.15) is 0 Å². The van der Waals surface area contributed by atoms with Gasteiger partial charge in [-0.15, -0.1) is 0 Å². The SMILES string of the molecule is C=CN.CC.CC.CC(C)=C/C(=C\C(C)=C(/C)C=N)c1ccccc1C.CCc1ccc(CNc2ccc(C)cc2)cc1. The minimum absolute atomic E-state index is 0.882. The Morgan fingerprint density at radius 2 is 1.28 bits per heavy atom. The third-order valence-corrected chi connectivity index (χ3v) is 6.09. The molecule has 0 spiro atoms. The van der Waals surface area contributed by atoms with Gasteiger partial charge in [-0.3, -0.25) is 0 Å². The number of hydrogen-bond acceptors (Lipinski definition) is 3.